The third kappa shape index (κ3) is 4.02. The first kappa shape index (κ1) is 19.1. The summed E-state index contributed by atoms with van der Waals surface area (Å²) in [4.78, 5) is 26.9. The molecule has 1 saturated heterocycles. The van der Waals surface area contributed by atoms with Crippen molar-refractivity contribution in [1.29, 1.82) is 0 Å². The van der Waals surface area contributed by atoms with Crippen molar-refractivity contribution in [2.24, 2.45) is 5.92 Å². The molecule has 5 heteroatoms. The Morgan fingerprint density at radius 3 is 2.33 bits per heavy atom. The molecule has 0 spiro atoms. The number of hydrogen-bond acceptors (Lipinski definition) is 2. The molecule has 1 atom stereocenters. The van der Waals surface area contributed by atoms with Gasteiger partial charge in [-0.25, -0.2) is 4.39 Å². The molecule has 1 N–H and O–H groups in total. The van der Waals surface area contributed by atoms with Gasteiger partial charge in [0.2, 0.25) is 11.8 Å². The first-order valence-corrected chi connectivity index (χ1v) is 9.47. The van der Waals surface area contributed by atoms with Gasteiger partial charge in [-0.3, -0.25) is 9.59 Å². The SMILES string of the molecule is CCc1cccc(CC)c1N1CC(C(=O)NCc2ccccc2F)CC1=O. The summed E-state index contributed by atoms with van der Waals surface area (Å²) in [5.74, 6) is -0.997. The number of nitrogens with zero attached hydrogens (tertiary/aromatic N) is 1. The van der Waals surface area contributed by atoms with E-state index in [1.165, 1.54) is 6.07 Å². The molecule has 27 heavy (non-hydrogen) atoms. The van der Waals surface area contributed by atoms with Gasteiger partial charge in [-0.2, -0.15) is 0 Å². The third-order valence-corrected chi connectivity index (χ3v) is 5.14. The van der Waals surface area contributed by atoms with Crippen LogP contribution >= 0.6 is 0 Å². The van der Waals surface area contributed by atoms with Crippen molar-refractivity contribution in [2.45, 2.75) is 39.7 Å². The van der Waals surface area contributed by atoms with Crippen LogP contribution in [0.3, 0.4) is 0 Å². The van der Waals surface area contributed by atoms with Crippen molar-refractivity contribution in [1.82, 2.24) is 5.32 Å². The fourth-order valence-electron chi connectivity index (χ4n) is 3.63. The highest BCUT2D eigenvalue weighted by molar-refractivity contribution is 6.01. The van der Waals surface area contributed by atoms with Crippen molar-refractivity contribution in [3.8, 4) is 0 Å². The zero-order valence-corrected chi connectivity index (χ0v) is 15.8. The number of hydrogen-bond donors (Lipinski definition) is 1. The zero-order chi connectivity index (χ0) is 19.4. The minimum absolute atomic E-state index is 0.0309. The molecule has 1 fully saturated rings. The summed E-state index contributed by atoms with van der Waals surface area (Å²) < 4.78 is 13.7. The molecule has 4 nitrogen and oxygen atoms in total. The van der Waals surface area contributed by atoms with Crippen LogP contribution in [0.5, 0.6) is 0 Å². The maximum atomic E-state index is 13.7. The van der Waals surface area contributed by atoms with Gasteiger partial charge in [0.05, 0.1) is 5.92 Å². The molecule has 3 rings (SSSR count). The zero-order valence-electron chi connectivity index (χ0n) is 15.8. The van der Waals surface area contributed by atoms with Gasteiger partial charge < -0.3 is 10.2 Å². The Hall–Kier alpha value is -2.69. The molecule has 0 bridgehead atoms. The Labute approximate surface area is 159 Å². The van der Waals surface area contributed by atoms with E-state index < -0.39 is 5.92 Å². The largest absolute Gasteiger partial charge is 0.352 e. The Morgan fingerprint density at radius 2 is 1.70 bits per heavy atom. The van der Waals surface area contributed by atoms with E-state index in [0.717, 1.165) is 29.7 Å². The second-order valence-electron chi connectivity index (χ2n) is 6.85. The van der Waals surface area contributed by atoms with Gasteiger partial charge in [-0.05, 0) is 30.0 Å². The molecular weight excluding hydrogens is 343 g/mol. The quantitative estimate of drug-likeness (QED) is 0.847. The van der Waals surface area contributed by atoms with E-state index in [1.54, 1.807) is 23.1 Å². The lowest BCUT2D eigenvalue weighted by molar-refractivity contribution is -0.126. The highest BCUT2D eigenvalue weighted by Gasteiger charge is 2.36. The average molecular weight is 368 g/mol. The number of rotatable bonds is 6. The van der Waals surface area contributed by atoms with Crippen LogP contribution in [0.2, 0.25) is 0 Å². The lowest BCUT2D eigenvalue weighted by Crippen LogP contribution is -2.33. The smallest absolute Gasteiger partial charge is 0.227 e. The highest BCUT2D eigenvalue weighted by Crippen LogP contribution is 2.32. The fraction of sp³-hybridized carbons (Fsp3) is 0.364. The molecule has 1 unspecified atom stereocenters. The first-order chi connectivity index (χ1) is 13.0. The lowest BCUT2D eigenvalue weighted by Gasteiger charge is -2.23. The second-order valence-corrected chi connectivity index (χ2v) is 6.85. The van der Waals surface area contributed by atoms with Gasteiger partial charge in [-0.15, -0.1) is 0 Å². The van der Waals surface area contributed by atoms with Crippen LogP contribution in [0.25, 0.3) is 0 Å². The van der Waals surface area contributed by atoms with Gasteiger partial charge in [-0.1, -0.05) is 50.2 Å². The van der Waals surface area contributed by atoms with E-state index in [1.807, 2.05) is 18.2 Å². The predicted molar refractivity (Wildman–Crippen MR) is 104 cm³/mol. The third-order valence-electron chi connectivity index (χ3n) is 5.14. The normalized spacial score (nSPS) is 16.6. The van der Waals surface area contributed by atoms with Crippen LogP contribution in [0.4, 0.5) is 10.1 Å². The number of halogens is 1. The summed E-state index contributed by atoms with van der Waals surface area (Å²) in [6.07, 6.45) is 1.85. The summed E-state index contributed by atoms with van der Waals surface area (Å²) >= 11 is 0. The lowest BCUT2D eigenvalue weighted by atomic mass is 10.0. The summed E-state index contributed by atoms with van der Waals surface area (Å²) in [5.41, 5.74) is 3.64. The molecule has 2 aromatic rings. The topological polar surface area (TPSA) is 49.4 Å². The van der Waals surface area contributed by atoms with Gasteiger partial charge in [0.25, 0.3) is 0 Å². The maximum absolute atomic E-state index is 13.7. The number of anilines is 1. The summed E-state index contributed by atoms with van der Waals surface area (Å²) in [7, 11) is 0. The van der Waals surface area contributed by atoms with Crippen LogP contribution in [0.1, 0.15) is 37.0 Å². The van der Waals surface area contributed by atoms with E-state index >= 15 is 0 Å². The Morgan fingerprint density at radius 1 is 1.07 bits per heavy atom. The molecule has 0 radical (unpaired) electrons. The molecule has 0 aromatic heterocycles. The second kappa shape index (κ2) is 8.33. The molecule has 1 aliphatic rings. The van der Waals surface area contributed by atoms with E-state index in [2.05, 4.69) is 19.2 Å². The number of nitrogens with one attached hydrogen (secondary N) is 1. The number of para-hydroxylation sites is 1. The summed E-state index contributed by atoms with van der Waals surface area (Å²) in [6, 6.07) is 12.5. The number of aryl methyl sites for hydroxylation is 2. The van der Waals surface area contributed by atoms with Gasteiger partial charge in [0.1, 0.15) is 5.82 Å². The van der Waals surface area contributed by atoms with Gasteiger partial charge >= 0.3 is 0 Å². The van der Waals surface area contributed by atoms with Crippen LogP contribution in [-0.2, 0) is 29.0 Å². The van der Waals surface area contributed by atoms with Crippen LogP contribution in [-0.4, -0.2) is 18.4 Å². The Kier molecular flexibility index (Phi) is 5.89. The van der Waals surface area contributed by atoms with Crippen LogP contribution in [0, 0.1) is 11.7 Å². The minimum atomic E-state index is -0.418. The van der Waals surface area contributed by atoms with E-state index in [-0.39, 0.29) is 30.6 Å². The average Bonchev–Trinajstić information content (AvgIpc) is 3.07. The van der Waals surface area contributed by atoms with Crippen LogP contribution < -0.4 is 10.2 Å². The van der Waals surface area contributed by atoms with Gasteiger partial charge in [0.15, 0.2) is 0 Å². The molecule has 0 saturated carbocycles. The monoisotopic (exact) mass is 368 g/mol. The van der Waals surface area contributed by atoms with Crippen LogP contribution in [0.15, 0.2) is 42.5 Å². The predicted octanol–water partition coefficient (Wildman–Crippen LogP) is 3.62. The number of amides is 2. The summed E-state index contributed by atoms with van der Waals surface area (Å²) in [6.45, 7) is 4.63. The van der Waals surface area contributed by atoms with Crippen molar-refractivity contribution >= 4 is 17.5 Å². The number of carbonyl (C=O) groups is 2. The molecule has 2 aromatic carbocycles. The molecule has 0 aliphatic carbocycles. The minimum Gasteiger partial charge on any atom is -0.352 e. The number of benzene rings is 2. The Balaban J connectivity index is 1.72. The van der Waals surface area contributed by atoms with Gasteiger partial charge in [0, 0.05) is 30.8 Å². The molecule has 2 amide bonds. The van der Waals surface area contributed by atoms with E-state index in [4.69, 9.17) is 0 Å². The first-order valence-electron chi connectivity index (χ1n) is 9.47. The van der Waals surface area contributed by atoms with Crippen molar-refractivity contribution in [3.63, 3.8) is 0 Å². The Bertz CT molecular complexity index is 828. The van der Waals surface area contributed by atoms with Crippen molar-refractivity contribution in [2.75, 3.05) is 11.4 Å². The van der Waals surface area contributed by atoms with E-state index in [9.17, 15) is 14.0 Å². The summed E-state index contributed by atoms with van der Waals surface area (Å²) in [5, 5.41) is 2.77. The molecular formula is C22H25FN2O2. The van der Waals surface area contributed by atoms with Crippen molar-refractivity contribution < 1.29 is 14.0 Å². The molecule has 142 valence electrons. The molecule has 1 aliphatic heterocycles. The van der Waals surface area contributed by atoms with E-state index in [0.29, 0.717) is 12.1 Å². The maximum Gasteiger partial charge on any atom is 0.227 e. The van der Waals surface area contributed by atoms with Crippen molar-refractivity contribution in [3.05, 3.63) is 65.0 Å². The molecule has 1 heterocycles. The standard InChI is InChI=1S/C22H25FN2O2/c1-3-15-9-7-10-16(4-2)21(15)25-14-18(12-20(25)26)22(27)24-13-17-8-5-6-11-19(17)23/h5-11,18H,3-4,12-14H2,1-2H3,(H,24,27). The number of carbonyl (C=O) groups excluding carboxylic acids is 2. The fourth-order valence-corrected chi connectivity index (χ4v) is 3.63. The highest BCUT2D eigenvalue weighted by atomic mass is 19.1.